The second-order valence-corrected chi connectivity index (χ2v) is 9.16. The van der Waals surface area contributed by atoms with Crippen LogP contribution < -0.4 is 5.32 Å². The predicted molar refractivity (Wildman–Crippen MR) is 140 cm³/mol. The average Bonchev–Trinajstić information content (AvgIpc) is 3.61. The van der Waals surface area contributed by atoms with Crippen LogP contribution in [0.3, 0.4) is 0 Å². The summed E-state index contributed by atoms with van der Waals surface area (Å²) < 4.78 is 1.97. The summed E-state index contributed by atoms with van der Waals surface area (Å²) in [7, 11) is 0. The topological polar surface area (TPSA) is 117 Å². The largest absolute Gasteiger partial charge is 0.352 e. The Balaban J connectivity index is 1.41. The van der Waals surface area contributed by atoms with E-state index in [2.05, 4.69) is 47.6 Å². The van der Waals surface area contributed by atoms with Gasteiger partial charge in [-0.1, -0.05) is 19.9 Å². The number of anilines is 1. The third-order valence-electron chi connectivity index (χ3n) is 6.20. The minimum absolute atomic E-state index is 0.0416. The lowest BCUT2D eigenvalue weighted by atomic mass is 10.0. The minimum Gasteiger partial charge on any atom is -0.352 e. The van der Waals surface area contributed by atoms with E-state index in [0.717, 1.165) is 55.7 Å². The van der Waals surface area contributed by atoms with E-state index in [1.54, 1.807) is 18.7 Å². The molecule has 178 valence electrons. The Morgan fingerprint density at radius 2 is 1.83 bits per heavy atom. The van der Waals surface area contributed by atoms with Crippen molar-refractivity contribution in [3.8, 4) is 28.2 Å². The smallest absolute Gasteiger partial charge is 0.226 e. The number of hydrogen-bond donors (Lipinski definition) is 3. The van der Waals surface area contributed by atoms with E-state index in [1.807, 2.05) is 62.1 Å². The van der Waals surface area contributed by atoms with E-state index in [0.29, 0.717) is 5.69 Å². The third kappa shape index (κ3) is 3.80. The molecule has 9 nitrogen and oxygen atoms in total. The maximum atomic E-state index is 12.1. The summed E-state index contributed by atoms with van der Waals surface area (Å²) in [6, 6.07) is 10.1. The van der Waals surface area contributed by atoms with Gasteiger partial charge in [0.15, 0.2) is 0 Å². The van der Waals surface area contributed by atoms with Gasteiger partial charge in [0.25, 0.3) is 0 Å². The first-order valence-electron chi connectivity index (χ1n) is 11.7. The van der Waals surface area contributed by atoms with Crippen molar-refractivity contribution in [3.05, 3.63) is 73.3 Å². The van der Waals surface area contributed by atoms with Gasteiger partial charge in [-0.15, -0.1) is 0 Å². The van der Waals surface area contributed by atoms with Gasteiger partial charge in [-0.3, -0.25) is 19.9 Å². The standard InChI is InChI=1S/C27H24N8O/c1-15(2)27(36)31-19-6-18(9-28-10-19)17-4-5-22-21(7-17)26(34-33-22)23-8-20-24(32-23)11-29-12-25(20)35-13-16(3)30-14-35/h4-15,32H,1-3H3,(H,31,36)(H,33,34). The van der Waals surface area contributed by atoms with Crippen LogP contribution in [0.25, 0.3) is 50.0 Å². The van der Waals surface area contributed by atoms with Crippen molar-refractivity contribution in [2.24, 2.45) is 5.92 Å². The number of aromatic nitrogens is 7. The first kappa shape index (κ1) is 21.7. The number of rotatable bonds is 5. The van der Waals surface area contributed by atoms with Crippen molar-refractivity contribution in [3.63, 3.8) is 0 Å². The van der Waals surface area contributed by atoms with Gasteiger partial charge in [0, 0.05) is 34.6 Å². The third-order valence-corrected chi connectivity index (χ3v) is 6.20. The quantitative estimate of drug-likeness (QED) is 0.314. The molecule has 1 amide bonds. The van der Waals surface area contributed by atoms with E-state index >= 15 is 0 Å². The molecule has 0 aliphatic rings. The number of nitrogens with zero attached hydrogens (tertiary/aromatic N) is 5. The minimum atomic E-state index is -0.108. The molecule has 0 saturated carbocycles. The summed E-state index contributed by atoms with van der Waals surface area (Å²) in [5.41, 5.74) is 7.98. The molecule has 0 fully saturated rings. The van der Waals surface area contributed by atoms with Crippen LogP contribution in [0.2, 0.25) is 0 Å². The number of pyridine rings is 2. The van der Waals surface area contributed by atoms with Gasteiger partial charge >= 0.3 is 0 Å². The highest BCUT2D eigenvalue weighted by atomic mass is 16.1. The second-order valence-electron chi connectivity index (χ2n) is 9.16. The normalized spacial score (nSPS) is 11.6. The van der Waals surface area contributed by atoms with Crippen molar-refractivity contribution in [1.29, 1.82) is 0 Å². The number of hydrogen-bond acceptors (Lipinski definition) is 5. The molecule has 0 radical (unpaired) electrons. The zero-order valence-electron chi connectivity index (χ0n) is 20.1. The van der Waals surface area contributed by atoms with E-state index in [9.17, 15) is 4.79 Å². The number of nitrogens with one attached hydrogen (secondary N) is 3. The fourth-order valence-electron chi connectivity index (χ4n) is 4.27. The van der Waals surface area contributed by atoms with Crippen LogP contribution in [0.15, 0.2) is 67.6 Å². The van der Waals surface area contributed by atoms with Crippen molar-refractivity contribution < 1.29 is 4.79 Å². The van der Waals surface area contributed by atoms with Crippen LogP contribution in [0.1, 0.15) is 19.5 Å². The lowest BCUT2D eigenvalue weighted by Crippen LogP contribution is -2.17. The SMILES string of the molecule is Cc1cn(-c2cncc3[nH]c(-c4n[nH]c5ccc(-c6cncc(NC(=O)C(C)C)c6)cc45)cc23)cn1. The van der Waals surface area contributed by atoms with Crippen LogP contribution in [-0.2, 0) is 4.79 Å². The van der Waals surface area contributed by atoms with Gasteiger partial charge in [0.1, 0.15) is 5.69 Å². The molecule has 5 heterocycles. The van der Waals surface area contributed by atoms with E-state index in [4.69, 9.17) is 0 Å². The number of benzene rings is 1. The Labute approximate surface area is 206 Å². The van der Waals surface area contributed by atoms with Crippen LogP contribution in [0, 0.1) is 12.8 Å². The molecule has 9 heteroatoms. The van der Waals surface area contributed by atoms with Crippen molar-refractivity contribution >= 4 is 33.4 Å². The zero-order valence-corrected chi connectivity index (χ0v) is 20.1. The predicted octanol–water partition coefficient (Wildman–Crippen LogP) is 5.26. The second kappa shape index (κ2) is 8.46. The van der Waals surface area contributed by atoms with E-state index < -0.39 is 0 Å². The number of amides is 1. The van der Waals surface area contributed by atoms with Gasteiger partial charge in [-0.2, -0.15) is 5.10 Å². The van der Waals surface area contributed by atoms with E-state index in [1.165, 1.54) is 0 Å². The Bertz CT molecular complexity index is 1740. The van der Waals surface area contributed by atoms with Crippen LogP contribution in [-0.4, -0.2) is 40.6 Å². The molecular formula is C27H24N8O. The molecule has 0 aliphatic carbocycles. The van der Waals surface area contributed by atoms with Gasteiger partial charge in [-0.25, -0.2) is 4.98 Å². The molecule has 0 aliphatic heterocycles. The Morgan fingerprint density at radius 3 is 2.64 bits per heavy atom. The number of H-pyrrole nitrogens is 2. The van der Waals surface area contributed by atoms with Crippen molar-refractivity contribution in [1.82, 2.24) is 34.7 Å². The van der Waals surface area contributed by atoms with Crippen molar-refractivity contribution in [2.75, 3.05) is 5.32 Å². The van der Waals surface area contributed by atoms with Gasteiger partial charge in [0.05, 0.1) is 58.7 Å². The van der Waals surface area contributed by atoms with Gasteiger partial charge in [0.2, 0.25) is 5.91 Å². The summed E-state index contributed by atoms with van der Waals surface area (Å²) in [5.74, 6) is -0.150. The fraction of sp³-hybridized carbons (Fsp3) is 0.148. The number of aryl methyl sites for hydroxylation is 1. The molecule has 6 aromatic rings. The molecule has 5 aromatic heterocycles. The summed E-state index contributed by atoms with van der Waals surface area (Å²) in [6.07, 6.45) is 10.9. The van der Waals surface area contributed by atoms with E-state index in [-0.39, 0.29) is 11.8 Å². The lowest BCUT2D eigenvalue weighted by Gasteiger charge is -2.09. The number of carbonyl (C=O) groups is 1. The molecule has 0 unspecified atom stereocenters. The fourth-order valence-corrected chi connectivity index (χ4v) is 4.27. The Hall–Kier alpha value is -4.79. The van der Waals surface area contributed by atoms with Crippen molar-refractivity contribution in [2.45, 2.75) is 20.8 Å². The molecule has 0 bridgehead atoms. The Kier molecular flexibility index (Phi) is 5.10. The average molecular weight is 477 g/mol. The summed E-state index contributed by atoms with van der Waals surface area (Å²) in [6.45, 7) is 5.69. The highest BCUT2D eigenvalue weighted by Crippen LogP contribution is 2.33. The Morgan fingerprint density at radius 1 is 0.972 bits per heavy atom. The summed E-state index contributed by atoms with van der Waals surface area (Å²) >= 11 is 0. The highest BCUT2D eigenvalue weighted by Gasteiger charge is 2.15. The van der Waals surface area contributed by atoms with Gasteiger partial charge < -0.3 is 14.9 Å². The molecule has 0 spiro atoms. The molecule has 1 aromatic carbocycles. The molecular weight excluding hydrogens is 452 g/mol. The van der Waals surface area contributed by atoms with Gasteiger partial charge in [-0.05, 0) is 36.8 Å². The zero-order chi connectivity index (χ0) is 24.8. The number of imidazole rings is 1. The van der Waals surface area contributed by atoms with Crippen LogP contribution in [0.4, 0.5) is 5.69 Å². The summed E-state index contributed by atoms with van der Waals surface area (Å²) in [5, 5.41) is 12.7. The lowest BCUT2D eigenvalue weighted by molar-refractivity contribution is -0.118. The maximum absolute atomic E-state index is 12.1. The number of aromatic amines is 2. The molecule has 0 saturated heterocycles. The maximum Gasteiger partial charge on any atom is 0.226 e. The molecule has 36 heavy (non-hydrogen) atoms. The molecule has 6 rings (SSSR count). The molecule has 3 N–H and O–H groups in total. The number of carbonyl (C=O) groups excluding carboxylic acids is 1. The summed E-state index contributed by atoms with van der Waals surface area (Å²) in [4.78, 5) is 28.7. The first-order chi connectivity index (χ1) is 17.5. The monoisotopic (exact) mass is 476 g/mol. The van der Waals surface area contributed by atoms with Crippen LogP contribution >= 0.6 is 0 Å². The molecule has 0 atom stereocenters. The first-order valence-corrected chi connectivity index (χ1v) is 11.7. The number of fused-ring (bicyclic) bond motifs is 2. The highest BCUT2D eigenvalue weighted by molar-refractivity contribution is 5.99. The van der Waals surface area contributed by atoms with Crippen LogP contribution in [0.5, 0.6) is 0 Å².